The van der Waals surface area contributed by atoms with Gasteiger partial charge in [0.25, 0.3) is 0 Å². The van der Waals surface area contributed by atoms with Crippen molar-refractivity contribution in [3.8, 4) is 0 Å². The maximum atomic E-state index is 10.0. The van der Waals surface area contributed by atoms with E-state index >= 15 is 0 Å². The van der Waals surface area contributed by atoms with Crippen LogP contribution in [0.15, 0.2) is 0 Å². The smallest absolute Gasteiger partial charge is 0.249 e. The zero-order chi connectivity index (χ0) is 8.31. The number of aliphatic hydroxyl groups excluding tert-OH is 3. The van der Waals surface area contributed by atoms with Crippen LogP contribution in [0.2, 0.25) is 0 Å². The van der Waals surface area contributed by atoms with Crippen LogP contribution in [0.25, 0.3) is 0 Å². The molecule has 6 heteroatoms. The minimum atomic E-state index is -2.16. The Labute approximate surface area is 56.5 Å². The van der Waals surface area contributed by atoms with Crippen LogP contribution in [0.3, 0.4) is 0 Å². The summed E-state index contributed by atoms with van der Waals surface area (Å²) in [4.78, 5) is 10.0. The fraction of sp³-hybridized carbons (Fsp3) is 0.750. The summed E-state index contributed by atoms with van der Waals surface area (Å²) < 4.78 is 0. The summed E-state index contributed by atoms with van der Waals surface area (Å²) in [5, 5.41) is 33.4. The number of hydrogen-bond donors (Lipinski definition) is 5. The highest BCUT2D eigenvalue weighted by Crippen LogP contribution is 1.95. The summed E-state index contributed by atoms with van der Waals surface area (Å²) >= 11 is 0. The summed E-state index contributed by atoms with van der Waals surface area (Å²) in [5.74, 6) is -1.21. The van der Waals surface area contributed by atoms with Crippen molar-refractivity contribution in [1.29, 1.82) is 0 Å². The van der Waals surface area contributed by atoms with Crippen molar-refractivity contribution in [1.82, 2.24) is 0 Å². The first kappa shape index (κ1) is 9.31. The van der Waals surface area contributed by atoms with E-state index in [0.29, 0.717) is 0 Å². The van der Waals surface area contributed by atoms with Gasteiger partial charge in [-0.05, 0) is 0 Å². The Morgan fingerprint density at radius 3 is 1.70 bits per heavy atom. The number of nitrogens with two attached hydrogens (primary N) is 1. The number of hydrogen-bond acceptors (Lipinski definition) is 5. The minimum Gasteiger partial charge on any atom is -0.385 e. The van der Waals surface area contributed by atoms with E-state index in [4.69, 9.17) is 20.4 Å². The van der Waals surface area contributed by atoms with Gasteiger partial charge >= 0.3 is 0 Å². The Bertz CT molecular complexity index is 125. The van der Waals surface area contributed by atoms with Crippen molar-refractivity contribution >= 4 is 5.91 Å². The highest BCUT2D eigenvalue weighted by atomic mass is 16.5. The first-order valence-corrected chi connectivity index (χ1v) is 2.48. The number of aliphatic hydroxyl groups is 4. The molecule has 0 saturated carbocycles. The summed E-state index contributed by atoms with van der Waals surface area (Å²) in [5.41, 5.74) is 4.50. The molecule has 0 aromatic carbocycles. The van der Waals surface area contributed by atoms with Crippen LogP contribution in [-0.2, 0) is 4.79 Å². The van der Waals surface area contributed by atoms with E-state index in [1.165, 1.54) is 0 Å². The van der Waals surface area contributed by atoms with Gasteiger partial charge in [-0.1, -0.05) is 0 Å². The van der Waals surface area contributed by atoms with Crippen LogP contribution in [0.5, 0.6) is 0 Å². The molecule has 0 aliphatic heterocycles. The Hall–Kier alpha value is -0.690. The third kappa shape index (κ3) is 2.28. The average molecular weight is 151 g/mol. The predicted octanol–water partition coefficient (Wildman–Crippen LogP) is -3.50. The molecule has 0 aliphatic carbocycles. The van der Waals surface area contributed by atoms with E-state index in [0.717, 1.165) is 0 Å². The monoisotopic (exact) mass is 151 g/mol. The highest BCUT2D eigenvalue weighted by molar-refractivity contribution is 5.79. The fourth-order valence-electron chi connectivity index (χ4n) is 0.331. The second-order valence-corrected chi connectivity index (χ2v) is 1.75. The van der Waals surface area contributed by atoms with Crippen molar-refractivity contribution in [2.24, 2.45) is 5.73 Å². The normalized spacial score (nSPS) is 16.9. The Morgan fingerprint density at radius 1 is 1.20 bits per heavy atom. The first-order chi connectivity index (χ1) is 4.46. The number of rotatable bonds is 3. The second-order valence-electron chi connectivity index (χ2n) is 1.75. The highest BCUT2D eigenvalue weighted by Gasteiger charge is 2.26. The molecule has 6 nitrogen and oxygen atoms in total. The quantitative estimate of drug-likeness (QED) is 0.268. The molecule has 2 unspecified atom stereocenters. The van der Waals surface area contributed by atoms with Crippen molar-refractivity contribution in [2.75, 3.05) is 0 Å². The van der Waals surface area contributed by atoms with E-state index in [1.54, 1.807) is 0 Å². The molecule has 0 rings (SSSR count). The summed E-state index contributed by atoms with van der Waals surface area (Å²) in [6.07, 6.45) is -6.06. The van der Waals surface area contributed by atoms with Gasteiger partial charge < -0.3 is 26.2 Å². The molecule has 0 bridgehead atoms. The van der Waals surface area contributed by atoms with Crippen molar-refractivity contribution < 1.29 is 25.2 Å². The lowest BCUT2D eigenvalue weighted by Gasteiger charge is -2.15. The van der Waals surface area contributed by atoms with Crippen LogP contribution in [-0.4, -0.2) is 44.8 Å². The lowest BCUT2D eigenvalue weighted by atomic mass is 10.2. The van der Waals surface area contributed by atoms with Crippen LogP contribution < -0.4 is 5.73 Å². The van der Waals surface area contributed by atoms with Gasteiger partial charge in [0.15, 0.2) is 12.4 Å². The van der Waals surface area contributed by atoms with Crippen LogP contribution >= 0.6 is 0 Å². The molecule has 0 heterocycles. The number of carbonyl (C=O) groups is 1. The molecule has 0 aromatic rings. The molecule has 0 saturated heterocycles. The van der Waals surface area contributed by atoms with Gasteiger partial charge in [-0.25, -0.2) is 0 Å². The largest absolute Gasteiger partial charge is 0.385 e. The zero-order valence-electron chi connectivity index (χ0n) is 5.01. The fourth-order valence-corrected chi connectivity index (χ4v) is 0.331. The van der Waals surface area contributed by atoms with Crippen molar-refractivity contribution in [3.05, 3.63) is 0 Å². The summed E-state index contributed by atoms with van der Waals surface area (Å²) in [6.45, 7) is 0. The molecule has 1 amide bonds. The molecule has 0 spiro atoms. The first-order valence-electron chi connectivity index (χ1n) is 2.48. The third-order valence-corrected chi connectivity index (χ3v) is 0.920. The summed E-state index contributed by atoms with van der Waals surface area (Å²) in [7, 11) is 0. The van der Waals surface area contributed by atoms with E-state index in [-0.39, 0.29) is 0 Å². The van der Waals surface area contributed by atoms with Crippen LogP contribution in [0.1, 0.15) is 0 Å². The van der Waals surface area contributed by atoms with E-state index in [9.17, 15) is 4.79 Å². The molecule has 6 N–H and O–H groups in total. The van der Waals surface area contributed by atoms with E-state index < -0.39 is 24.4 Å². The van der Waals surface area contributed by atoms with Gasteiger partial charge in [0.2, 0.25) is 5.91 Å². The molecular formula is C4H9NO5. The minimum absolute atomic E-state index is 1.21. The molecule has 0 aromatic heterocycles. The van der Waals surface area contributed by atoms with Crippen molar-refractivity contribution in [3.63, 3.8) is 0 Å². The van der Waals surface area contributed by atoms with E-state index in [2.05, 4.69) is 5.73 Å². The van der Waals surface area contributed by atoms with Crippen LogP contribution in [0.4, 0.5) is 0 Å². The molecular weight excluding hydrogens is 142 g/mol. The van der Waals surface area contributed by atoms with Gasteiger partial charge in [0.1, 0.15) is 6.10 Å². The number of amides is 1. The van der Waals surface area contributed by atoms with Gasteiger partial charge in [0, 0.05) is 0 Å². The standard InChI is InChI=1S/C4H9NO5/c5-3(8)1(6)2(7)4(9)10/h1-2,4,6-7,9-10H,(H2,5,8). The van der Waals surface area contributed by atoms with Gasteiger partial charge in [0.05, 0.1) is 0 Å². The van der Waals surface area contributed by atoms with Gasteiger partial charge in [-0.15, -0.1) is 0 Å². The lowest BCUT2D eigenvalue weighted by molar-refractivity contribution is -0.167. The molecule has 10 heavy (non-hydrogen) atoms. The Balaban J connectivity index is 3.94. The number of carbonyl (C=O) groups excluding carboxylic acids is 1. The molecule has 60 valence electrons. The van der Waals surface area contributed by atoms with Crippen molar-refractivity contribution in [2.45, 2.75) is 18.5 Å². The second kappa shape index (κ2) is 3.47. The predicted molar refractivity (Wildman–Crippen MR) is 29.4 cm³/mol. The lowest BCUT2D eigenvalue weighted by Crippen LogP contribution is -2.45. The van der Waals surface area contributed by atoms with Gasteiger partial charge in [-0.3, -0.25) is 4.79 Å². The summed E-state index contributed by atoms with van der Waals surface area (Å²) in [6, 6.07) is 0. The van der Waals surface area contributed by atoms with Gasteiger partial charge in [-0.2, -0.15) is 0 Å². The maximum Gasteiger partial charge on any atom is 0.249 e. The Morgan fingerprint density at radius 2 is 1.60 bits per heavy atom. The number of primary amides is 1. The maximum absolute atomic E-state index is 10.0. The SMILES string of the molecule is NC(=O)C(O)C(O)C(O)O. The van der Waals surface area contributed by atoms with E-state index in [1.807, 2.05) is 0 Å². The third-order valence-electron chi connectivity index (χ3n) is 0.920. The topological polar surface area (TPSA) is 124 Å². The Kier molecular flexibility index (Phi) is 3.23. The zero-order valence-corrected chi connectivity index (χ0v) is 5.01. The molecule has 0 fully saturated rings. The molecule has 2 atom stereocenters. The molecule has 0 radical (unpaired) electrons. The molecule has 0 aliphatic rings. The van der Waals surface area contributed by atoms with Crippen LogP contribution in [0, 0.1) is 0 Å². The average Bonchev–Trinajstić information content (AvgIpc) is 1.84.